The third kappa shape index (κ3) is 6.25. The maximum atomic E-state index is 12.3. The molecule has 130 valence electrons. The number of likely N-dealkylation sites (tertiary alicyclic amines) is 1. The number of amides is 1. The molecule has 7 heteroatoms. The van der Waals surface area contributed by atoms with E-state index in [2.05, 4.69) is 21.2 Å². The van der Waals surface area contributed by atoms with Crippen molar-refractivity contribution < 1.29 is 9.53 Å². The van der Waals surface area contributed by atoms with Crippen molar-refractivity contribution in [3.63, 3.8) is 0 Å². The van der Waals surface area contributed by atoms with Crippen molar-refractivity contribution in [3.05, 3.63) is 19.8 Å². The van der Waals surface area contributed by atoms with Gasteiger partial charge >= 0.3 is 6.09 Å². The van der Waals surface area contributed by atoms with E-state index < -0.39 is 5.60 Å². The van der Waals surface area contributed by atoms with Gasteiger partial charge in [-0.3, -0.25) is 0 Å². The molecule has 2 heterocycles. The maximum absolute atomic E-state index is 12.3. The molecule has 1 aliphatic heterocycles. The van der Waals surface area contributed by atoms with Gasteiger partial charge in [-0.15, -0.1) is 11.3 Å². The highest BCUT2D eigenvalue weighted by atomic mass is 79.9. The van der Waals surface area contributed by atoms with Crippen LogP contribution in [0.5, 0.6) is 0 Å². The first-order valence-corrected chi connectivity index (χ1v) is 9.88. The van der Waals surface area contributed by atoms with Crippen LogP contribution in [0.3, 0.4) is 0 Å². The van der Waals surface area contributed by atoms with Crippen LogP contribution in [-0.4, -0.2) is 35.7 Å². The molecule has 1 unspecified atom stereocenters. The predicted octanol–water partition coefficient (Wildman–Crippen LogP) is 5.04. The zero-order chi connectivity index (χ0) is 17.0. The summed E-state index contributed by atoms with van der Waals surface area (Å²) in [6.07, 6.45) is 2.99. The molecule has 1 fully saturated rings. The van der Waals surface area contributed by atoms with Gasteiger partial charge in [-0.2, -0.15) is 0 Å². The van der Waals surface area contributed by atoms with E-state index in [1.54, 1.807) is 11.3 Å². The number of carbonyl (C=O) groups is 1. The number of rotatable bonds is 3. The number of halogens is 2. The molecular formula is C16H24BrClN2O2S. The molecule has 1 aliphatic rings. The van der Waals surface area contributed by atoms with Gasteiger partial charge in [-0.05, 0) is 55.6 Å². The van der Waals surface area contributed by atoms with E-state index in [9.17, 15) is 4.79 Å². The second kappa shape index (κ2) is 8.19. The lowest BCUT2D eigenvalue weighted by atomic mass is 10.1. The van der Waals surface area contributed by atoms with Crippen LogP contribution in [0.15, 0.2) is 10.5 Å². The Balaban J connectivity index is 1.90. The van der Waals surface area contributed by atoms with Crippen molar-refractivity contribution in [2.45, 2.75) is 58.2 Å². The molecule has 1 atom stereocenters. The highest BCUT2D eigenvalue weighted by Gasteiger charge is 2.26. The van der Waals surface area contributed by atoms with Gasteiger partial charge in [-0.25, -0.2) is 4.79 Å². The minimum Gasteiger partial charge on any atom is -0.444 e. The molecule has 0 saturated carbocycles. The first kappa shape index (κ1) is 19.0. The Hall–Kier alpha value is -0.300. The van der Waals surface area contributed by atoms with Gasteiger partial charge in [0.25, 0.3) is 0 Å². The van der Waals surface area contributed by atoms with Gasteiger partial charge in [0, 0.05) is 35.0 Å². The molecule has 0 aromatic carbocycles. The summed E-state index contributed by atoms with van der Waals surface area (Å²) in [5.41, 5.74) is -0.452. The lowest BCUT2D eigenvalue weighted by molar-refractivity contribution is 0.0243. The monoisotopic (exact) mass is 422 g/mol. The van der Waals surface area contributed by atoms with Crippen molar-refractivity contribution in [2.75, 3.05) is 13.1 Å². The summed E-state index contributed by atoms with van der Waals surface area (Å²) in [4.78, 5) is 15.3. The van der Waals surface area contributed by atoms with Gasteiger partial charge in [0.2, 0.25) is 0 Å². The van der Waals surface area contributed by atoms with Crippen LogP contribution in [-0.2, 0) is 11.3 Å². The fourth-order valence-corrected chi connectivity index (χ4v) is 4.27. The third-order valence-electron chi connectivity index (χ3n) is 3.58. The molecule has 0 spiro atoms. The molecule has 0 radical (unpaired) electrons. The lowest BCUT2D eigenvalue weighted by Crippen LogP contribution is -2.44. The van der Waals surface area contributed by atoms with Crippen LogP contribution in [0.25, 0.3) is 0 Å². The largest absolute Gasteiger partial charge is 0.444 e. The summed E-state index contributed by atoms with van der Waals surface area (Å²) in [6.45, 7) is 7.92. The zero-order valence-corrected chi connectivity index (χ0v) is 17.0. The predicted molar refractivity (Wildman–Crippen MR) is 99.3 cm³/mol. The van der Waals surface area contributed by atoms with E-state index in [0.29, 0.717) is 6.54 Å². The van der Waals surface area contributed by atoms with Crippen molar-refractivity contribution in [1.82, 2.24) is 10.2 Å². The number of carbonyl (C=O) groups excluding carboxylic acids is 1. The second-order valence-corrected chi connectivity index (χ2v) is 9.43. The Morgan fingerprint density at radius 3 is 2.87 bits per heavy atom. The number of hydrogen-bond donors (Lipinski definition) is 1. The molecule has 4 nitrogen and oxygen atoms in total. The van der Waals surface area contributed by atoms with E-state index in [1.807, 2.05) is 31.7 Å². The van der Waals surface area contributed by atoms with Gasteiger partial charge < -0.3 is 15.0 Å². The van der Waals surface area contributed by atoms with Crippen LogP contribution >= 0.6 is 38.9 Å². The zero-order valence-electron chi connectivity index (χ0n) is 13.8. The molecule has 1 amide bonds. The second-order valence-electron chi connectivity index (χ2n) is 6.83. The van der Waals surface area contributed by atoms with E-state index in [-0.39, 0.29) is 12.1 Å². The number of nitrogens with zero attached hydrogens (tertiary/aromatic N) is 1. The SMILES string of the molecule is CC(C)(C)OC(=O)N1CCCCC(NCc2cc(Br)c(Cl)s2)C1. The van der Waals surface area contributed by atoms with Crippen LogP contribution in [0, 0.1) is 0 Å². The van der Waals surface area contributed by atoms with Gasteiger partial charge in [0.15, 0.2) is 0 Å². The molecule has 1 saturated heterocycles. The molecule has 0 aliphatic carbocycles. The fourth-order valence-electron chi connectivity index (χ4n) is 2.52. The highest BCUT2D eigenvalue weighted by Crippen LogP contribution is 2.32. The third-order valence-corrected chi connectivity index (χ3v) is 6.06. The summed E-state index contributed by atoms with van der Waals surface area (Å²) in [5, 5.41) is 3.55. The number of ether oxygens (including phenoxy) is 1. The van der Waals surface area contributed by atoms with E-state index >= 15 is 0 Å². The summed E-state index contributed by atoms with van der Waals surface area (Å²) < 4.78 is 7.22. The summed E-state index contributed by atoms with van der Waals surface area (Å²) >= 11 is 11.1. The van der Waals surface area contributed by atoms with Crippen molar-refractivity contribution in [1.29, 1.82) is 0 Å². The fraction of sp³-hybridized carbons (Fsp3) is 0.688. The minimum atomic E-state index is -0.452. The molecule has 1 N–H and O–H groups in total. The normalized spacial score (nSPS) is 19.5. The summed E-state index contributed by atoms with van der Waals surface area (Å²) in [6, 6.07) is 2.33. The minimum absolute atomic E-state index is 0.215. The van der Waals surface area contributed by atoms with E-state index in [1.165, 1.54) is 4.88 Å². The van der Waals surface area contributed by atoms with Crippen molar-refractivity contribution >= 4 is 45.0 Å². The van der Waals surface area contributed by atoms with Crippen molar-refractivity contribution in [2.24, 2.45) is 0 Å². The van der Waals surface area contributed by atoms with Crippen LogP contribution in [0.2, 0.25) is 4.34 Å². The molecule has 1 aromatic rings. The maximum Gasteiger partial charge on any atom is 0.410 e. The average Bonchev–Trinajstić information content (AvgIpc) is 2.64. The standard InChI is InChI=1S/C16H24BrClN2O2S/c1-16(2,3)22-15(21)20-7-5-4-6-11(10-20)19-9-12-8-13(17)14(18)23-12/h8,11,19H,4-7,9-10H2,1-3H3. The van der Waals surface area contributed by atoms with Crippen LogP contribution in [0.4, 0.5) is 4.79 Å². The highest BCUT2D eigenvalue weighted by molar-refractivity contribution is 9.10. The number of thiophene rings is 1. The summed E-state index contributed by atoms with van der Waals surface area (Å²) in [5.74, 6) is 0. The van der Waals surface area contributed by atoms with Gasteiger partial charge in [0.1, 0.15) is 9.94 Å². The van der Waals surface area contributed by atoms with Crippen molar-refractivity contribution in [3.8, 4) is 0 Å². The Kier molecular flexibility index (Phi) is 6.77. The molecule has 2 rings (SSSR count). The summed E-state index contributed by atoms with van der Waals surface area (Å²) in [7, 11) is 0. The lowest BCUT2D eigenvalue weighted by Gasteiger charge is -2.28. The Bertz CT molecular complexity index is 525. The van der Waals surface area contributed by atoms with Gasteiger partial charge in [-0.1, -0.05) is 18.0 Å². The number of hydrogen-bond acceptors (Lipinski definition) is 4. The topological polar surface area (TPSA) is 41.6 Å². The molecule has 1 aromatic heterocycles. The Morgan fingerprint density at radius 2 is 2.26 bits per heavy atom. The Morgan fingerprint density at radius 1 is 1.52 bits per heavy atom. The number of nitrogens with one attached hydrogen (secondary N) is 1. The van der Waals surface area contributed by atoms with Crippen LogP contribution in [0.1, 0.15) is 44.9 Å². The molecular weight excluding hydrogens is 400 g/mol. The molecule has 0 bridgehead atoms. The quantitative estimate of drug-likeness (QED) is 0.740. The van der Waals surface area contributed by atoms with Gasteiger partial charge in [0.05, 0.1) is 0 Å². The molecule has 23 heavy (non-hydrogen) atoms. The van der Waals surface area contributed by atoms with Crippen LogP contribution < -0.4 is 5.32 Å². The Labute approximate surface area is 155 Å². The first-order chi connectivity index (χ1) is 10.7. The average molecular weight is 424 g/mol. The van der Waals surface area contributed by atoms with E-state index in [0.717, 1.165) is 41.2 Å². The first-order valence-electron chi connectivity index (χ1n) is 7.89. The smallest absolute Gasteiger partial charge is 0.410 e. The van der Waals surface area contributed by atoms with E-state index in [4.69, 9.17) is 16.3 Å².